The number of sulfonamides is 1. The molecule has 0 aliphatic carbocycles. The number of benzene rings is 2. The molecule has 6 nitrogen and oxygen atoms in total. The van der Waals surface area contributed by atoms with Crippen LogP contribution >= 0.6 is 0 Å². The molecule has 0 spiro atoms. The van der Waals surface area contributed by atoms with E-state index in [9.17, 15) is 13.2 Å². The number of hydrogen-bond acceptors (Lipinski definition) is 4. The smallest absolute Gasteiger partial charge is 0.232 e. The van der Waals surface area contributed by atoms with Crippen molar-refractivity contribution in [2.75, 3.05) is 35.1 Å². The minimum atomic E-state index is -3.44. The molecular formula is C26H37N3O3S. The van der Waals surface area contributed by atoms with Crippen LogP contribution in [0.4, 0.5) is 11.4 Å². The Bertz CT molecular complexity index is 1040. The third-order valence-corrected chi connectivity index (χ3v) is 7.68. The summed E-state index contributed by atoms with van der Waals surface area (Å²) in [5.41, 5.74) is 4.97. The molecule has 0 saturated carbocycles. The van der Waals surface area contributed by atoms with Crippen LogP contribution in [0.2, 0.25) is 0 Å². The summed E-state index contributed by atoms with van der Waals surface area (Å²) in [5.74, 6) is -0.0722. The van der Waals surface area contributed by atoms with Crippen molar-refractivity contribution in [3.05, 3.63) is 59.2 Å². The van der Waals surface area contributed by atoms with E-state index < -0.39 is 10.0 Å². The van der Waals surface area contributed by atoms with Gasteiger partial charge in [-0.15, -0.1) is 0 Å². The van der Waals surface area contributed by atoms with Crippen molar-refractivity contribution in [1.82, 2.24) is 5.32 Å². The van der Waals surface area contributed by atoms with E-state index in [2.05, 4.69) is 34.5 Å². The Morgan fingerprint density at radius 1 is 1.06 bits per heavy atom. The summed E-state index contributed by atoms with van der Waals surface area (Å²) < 4.78 is 26.2. The minimum Gasteiger partial charge on any atom is -0.372 e. The summed E-state index contributed by atoms with van der Waals surface area (Å²) in [5, 5.41) is 3.05. The van der Waals surface area contributed by atoms with E-state index >= 15 is 0 Å². The number of nitrogens with one attached hydrogen (secondary N) is 1. The molecule has 33 heavy (non-hydrogen) atoms. The van der Waals surface area contributed by atoms with Crippen LogP contribution in [-0.2, 0) is 14.8 Å². The second-order valence-corrected chi connectivity index (χ2v) is 11.0. The molecule has 2 aromatic rings. The molecule has 0 bridgehead atoms. The maximum absolute atomic E-state index is 12.5. The van der Waals surface area contributed by atoms with E-state index in [0.717, 1.165) is 29.8 Å². The Kier molecular flexibility index (Phi) is 8.40. The molecule has 1 heterocycles. The van der Waals surface area contributed by atoms with Gasteiger partial charge in [0.25, 0.3) is 0 Å². The van der Waals surface area contributed by atoms with Crippen LogP contribution in [0.5, 0.6) is 0 Å². The highest BCUT2D eigenvalue weighted by atomic mass is 32.2. The Balaban J connectivity index is 1.54. The molecule has 1 saturated heterocycles. The lowest BCUT2D eigenvalue weighted by molar-refractivity contribution is -0.121. The minimum absolute atomic E-state index is 0.0722. The number of carbonyl (C=O) groups excluding carboxylic acids is 1. The Hall–Kier alpha value is -2.54. The zero-order valence-corrected chi connectivity index (χ0v) is 21.1. The molecule has 3 rings (SSSR count). The average Bonchev–Trinajstić information content (AvgIpc) is 2.79. The quantitative estimate of drug-likeness (QED) is 0.575. The second kappa shape index (κ2) is 11.1. The number of amides is 1. The zero-order valence-electron chi connectivity index (χ0n) is 20.3. The van der Waals surface area contributed by atoms with Crippen molar-refractivity contribution in [2.24, 2.45) is 0 Å². The molecule has 1 N–H and O–H groups in total. The van der Waals surface area contributed by atoms with Gasteiger partial charge in [-0.25, -0.2) is 8.42 Å². The first-order valence-electron chi connectivity index (χ1n) is 11.8. The van der Waals surface area contributed by atoms with E-state index in [0.29, 0.717) is 12.1 Å². The topological polar surface area (TPSA) is 69.7 Å². The van der Waals surface area contributed by atoms with Crippen LogP contribution in [0, 0.1) is 13.8 Å². The highest BCUT2D eigenvalue weighted by molar-refractivity contribution is 7.92. The molecule has 1 aliphatic rings. The molecule has 1 atom stereocenters. The van der Waals surface area contributed by atoms with E-state index in [4.69, 9.17) is 0 Å². The molecule has 1 fully saturated rings. The number of anilines is 2. The molecular weight excluding hydrogens is 434 g/mol. The van der Waals surface area contributed by atoms with Crippen LogP contribution in [0.3, 0.4) is 0 Å². The second-order valence-electron chi connectivity index (χ2n) is 9.09. The lowest BCUT2D eigenvalue weighted by Gasteiger charge is -2.29. The molecule has 2 aromatic carbocycles. The molecule has 0 radical (unpaired) electrons. The lowest BCUT2D eigenvalue weighted by atomic mass is 10.1. The first-order chi connectivity index (χ1) is 15.7. The first kappa shape index (κ1) is 25.1. The number of carbonyl (C=O) groups is 1. The van der Waals surface area contributed by atoms with Crippen molar-refractivity contribution < 1.29 is 13.2 Å². The van der Waals surface area contributed by atoms with Crippen LogP contribution in [0.25, 0.3) is 0 Å². The fourth-order valence-electron chi connectivity index (χ4n) is 4.38. The highest BCUT2D eigenvalue weighted by Crippen LogP contribution is 2.26. The Morgan fingerprint density at radius 3 is 2.36 bits per heavy atom. The molecule has 0 aromatic heterocycles. The van der Waals surface area contributed by atoms with Gasteiger partial charge in [0.15, 0.2) is 0 Å². The maximum atomic E-state index is 12.5. The van der Waals surface area contributed by atoms with Gasteiger partial charge in [0.1, 0.15) is 0 Å². The van der Waals surface area contributed by atoms with Crippen molar-refractivity contribution in [3.63, 3.8) is 0 Å². The van der Waals surface area contributed by atoms with Gasteiger partial charge in [-0.05, 0) is 81.3 Å². The van der Waals surface area contributed by atoms with Crippen LogP contribution in [0.15, 0.2) is 42.5 Å². The van der Waals surface area contributed by atoms with E-state index in [1.807, 2.05) is 39.0 Å². The Labute approximate surface area is 199 Å². The number of piperidine rings is 1. The molecule has 180 valence electrons. The number of hydrogen-bond donors (Lipinski definition) is 1. The Morgan fingerprint density at radius 2 is 1.73 bits per heavy atom. The van der Waals surface area contributed by atoms with Gasteiger partial charge in [0, 0.05) is 31.7 Å². The maximum Gasteiger partial charge on any atom is 0.232 e. The fraction of sp³-hybridized carbons (Fsp3) is 0.500. The predicted molar refractivity (Wildman–Crippen MR) is 136 cm³/mol. The third-order valence-electron chi connectivity index (χ3n) is 6.50. The van der Waals surface area contributed by atoms with Crippen LogP contribution in [0.1, 0.15) is 61.8 Å². The van der Waals surface area contributed by atoms with Gasteiger partial charge in [0.2, 0.25) is 15.9 Å². The number of nitrogens with zero attached hydrogens (tertiary/aromatic N) is 2. The normalized spacial score (nSPS) is 15.2. The van der Waals surface area contributed by atoms with Crippen LogP contribution in [-0.4, -0.2) is 40.2 Å². The van der Waals surface area contributed by atoms with Crippen molar-refractivity contribution in [2.45, 2.75) is 58.9 Å². The summed E-state index contributed by atoms with van der Waals surface area (Å²) in [6.45, 7) is 8.36. The number of aryl methyl sites for hydroxylation is 1. The summed E-state index contributed by atoms with van der Waals surface area (Å²) in [6, 6.07) is 14.0. The van der Waals surface area contributed by atoms with Crippen molar-refractivity contribution >= 4 is 27.3 Å². The fourth-order valence-corrected chi connectivity index (χ4v) is 5.39. The third kappa shape index (κ3) is 6.73. The van der Waals surface area contributed by atoms with Gasteiger partial charge in [0.05, 0.1) is 18.0 Å². The highest BCUT2D eigenvalue weighted by Gasteiger charge is 2.20. The van der Waals surface area contributed by atoms with Gasteiger partial charge in [-0.2, -0.15) is 0 Å². The molecule has 1 aliphatic heterocycles. The summed E-state index contributed by atoms with van der Waals surface area (Å²) in [6.07, 6.45) is 5.73. The van der Waals surface area contributed by atoms with Gasteiger partial charge in [-0.1, -0.05) is 24.3 Å². The SMILES string of the molecule is Cc1cccc(N(CCCC(=O)N[C@@H](C)c2ccc(N3CCCCC3)cc2)S(C)(=O)=O)c1C. The van der Waals surface area contributed by atoms with E-state index in [-0.39, 0.29) is 24.9 Å². The van der Waals surface area contributed by atoms with Gasteiger partial charge >= 0.3 is 0 Å². The van der Waals surface area contributed by atoms with Crippen LogP contribution < -0.4 is 14.5 Å². The van der Waals surface area contributed by atoms with E-state index in [1.54, 1.807) is 0 Å². The van der Waals surface area contributed by atoms with E-state index in [1.165, 1.54) is 35.5 Å². The summed E-state index contributed by atoms with van der Waals surface area (Å²) >= 11 is 0. The standard InChI is InChI=1S/C26H37N3O3S/c1-20-10-8-11-25(21(20)2)29(33(4,31)32)19-9-12-26(30)27-22(3)23-13-15-24(16-14-23)28-17-6-5-7-18-28/h8,10-11,13-16,22H,5-7,9,12,17-19H2,1-4H3,(H,27,30)/t22-/m0/s1. The van der Waals surface area contributed by atoms with Crippen molar-refractivity contribution in [1.29, 1.82) is 0 Å². The molecule has 0 unspecified atom stereocenters. The largest absolute Gasteiger partial charge is 0.372 e. The van der Waals surface area contributed by atoms with Gasteiger partial charge in [-0.3, -0.25) is 9.10 Å². The average molecular weight is 472 g/mol. The monoisotopic (exact) mass is 471 g/mol. The molecule has 1 amide bonds. The summed E-state index contributed by atoms with van der Waals surface area (Å²) in [7, 11) is -3.44. The zero-order chi connectivity index (χ0) is 24.0. The predicted octanol–water partition coefficient (Wildman–Crippen LogP) is 4.72. The number of rotatable bonds is 9. The first-order valence-corrected chi connectivity index (χ1v) is 13.7. The van der Waals surface area contributed by atoms with Gasteiger partial charge < -0.3 is 10.2 Å². The van der Waals surface area contributed by atoms with Crippen molar-refractivity contribution in [3.8, 4) is 0 Å². The lowest BCUT2D eigenvalue weighted by Crippen LogP contribution is -2.33. The summed E-state index contributed by atoms with van der Waals surface area (Å²) in [4.78, 5) is 15.0. The molecule has 7 heteroatoms.